The number of halogens is 2. The van der Waals surface area contributed by atoms with Crippen LogP contribution < -0.4 is 14.4 Å². The van der Waals surface area contributed by atoms with E-state index in [1.54, 1.807) is 6.07 Å². The lowest BCUT2D eigenvalue weighted by Crippen LogP contribution is -2.46. The van der Waals surface area contributed by atoms with Crippen molar-refractivity contribution in [3.63, 3.8) is 0 Å². The Bertz CT molecular complexity index is 1360. The van der Waals surface area contributed by atoms with Gasteiger partial charge in [0.2, 0.25) is 12.7 Å². The van der Waals surface area contributed by atoms with E-state index in [0.29, 0.717) is 22.5 Å². The Hall–Kier alpha value is -2.74. The Morgan fingerprint density at radius 3 is 2.48 bits per heavy atom. The van der Waals surface area contributed by atoms with E-state index in [2.05, 4.69) is 28.6 Å². The van der Waals surface area contributed by atoms with Crippen molar-refractivity contribution in [2.45, 2.75) is 40.0 Å². The van der Waals surface area contributed by atoms with E-state index in [1.165, 1.54) is 0 Å². The van der Waals surface area contributed by atoms with E-state index in [1.807, 2.05) is 49.4 Å². The quantitative estimate of drug-likeness (QED) is 0.139. The van der Waals surface area contributed by atoms with Crippen LogP contribution in [0.3, 0.4) is 0 Å². The Kier molecular flexibility index (Phi) is 8.64. The van der Waals surface area contributed by atoms with Gasteiger partial charge in [0.1, 0.15) is 5.75 Å². The zero-order chi connectivity index (χ0) is 28.3. The molecule has 9 heteroatoms. The van der Waals surface area contributed by atoms with Crippen LogP contribution in [-0.2, 0) is 9.53 Å². The molecule has 214 valence electrons. The number of esters is 1. The minimum Gasteiger partial charge on any atom is -0.494 e. The highest BCUT2D eigenvalue weighted by Gasteiger charge is 2.63. The minimum absolute atomic E-state index is 0.0232. The van der Waals surface area contributed by atoms with Crippen molar-refractivity contribution < 1.29 is 19.0 Å². The molecule has 1 saturated carbocycles. The Morgan fingerprint density at radius 2 is 1.73 bits per heavy atom. The van der Waals surface area contributed by atoms with Crippen LogP contribution in [0.4, 0.5) is 5.69 Å². The van der Waals surface area contributed by atoms with Crippen molar-refractivity contribution >= 4 is 45.8 Å². The van der Waals surface area contributed by atoms with Gasteiger partial charge in [-0.3, -0.25) is 9.69 Å². The number of pyridine rings is 1. The number of piperazine rings is 1. The number of rotatable bonds is 11. The molecule has 1 aliphatic heterocycles. The molecule has 40 heavy (non-hydrogen) atoms. The molecule has 2 fully saturated rings. The van der Waals surface area contributed by atoms with E-state index in [-0.39, 0.29) is 18.2 Å². The van der Waals surface area contributed by atoms with Crippen molar-refractivity contribution in [2.75, 3.05) is 51.0 Å². The first kappa shape index (κ1) is 28.8. The third-order valence-corrected chi connectivity index (χ3v) is 9.24. The summed E-state index contributed by atoms with van der Waals surface area (Å²) in [5, 5.41) is 2.22. The SMILES string of the molecule is CC1(C)CC1(C)C(=O)OCOc1ccc2ccc(OCCCCN3CCN(c4cccc(Cl)c4Cl)CC3)cc2n1. The summed E-state index contributed by atoms with van der Waals surface area (Å²) < 4.78 is 17.0. The van der Waals surface area contributed by atoms with Crippen LogP contribution in [0, 0.1) is 10.8 Å². The average Bonchev–Trinajstić information content (AvgIpc) is 3.48. The van der Waals surface area contributed by atoms with Gasteiger partial charge < -0.3 is 19.1 Å². The summed E-state index contributed by atoms with van der Waals surface area (Å²) in [6, 6.07) is 15.4. The van der Waals surface area contributed by atoms with Crippen molar-refractivity contribution in [2.24, 2.45) is 10.8 Å². The molecular weight excluding hydrogens is 549 g/mol. The first-order valence-corrected chi connectivity index (χ1v) is 14.7. The highest BCUT2D eigenvalue weighted by Crippen LogP contribution is 2.63. The van der Waals surface area contributed by atoms with E-state index >= 15 is 0 Å². The monoisotopic (exact) mass is 585 g/mol. The molecule has 1 atom stereocenters. The average molecular weight is 587 g/mol. The summed E-state index contributed by atoms with van der Waals surface area (Å²) in [6.07, 6.45) is 2.86. The fraction of sp³-hybridized carbons (Fsp3) is 0.484. The highest BCUT2D eigenvalue weighted by molar-refractivity contribution is 6.43. The predicted octanol–water partition coefficient (Wildman–Crippen LogP) is 6.84. The molecule has 2 aromatic carbocycles. The lowest BCUT2D eigenvalue weighted by molar-refractivity contribution is -0.157. The maximum absolute atomic E-state index is 12.4. The third-order valence-electron chi connectivity index (χ3n) is 8.43. The van der Waals surface area contributed by atoms with Gasteiger partial charge in [-0.05, 0) is 68.5 Å². The molecule has 2 aliphatic rings. The molecule has 1 unspecified atom stereocenters. The van der Waals surface area contributed by atoms with Gasteiger partial charge in [-0.2, -0.15) is 0 Å². The van der Waals surface area contributed by atoms with Crippen molar-refractivity contribution in [1.82, 2.24) is 9.88 Å². The topological polar surface area (TPSA) is 64.1 Å². The molecule has 0 amide bonds. The fourth-order valence-corrected chi connectivity index (χ4v) is 5.73. The normalized spacial score (nSPS) is 20.4. The number of anilines is 1. The molecular formula is C31H37Cl2N3O4. The summed E-state index contributed by atoms with van der Waals surface area (Å²) in [5.74, 6) is 0.966. The van der Waals surface area contributed by atoms with Gasteiger partial charge in [0.05, 0.1) is 33.3 Å². The van der Waals surface area contributed by atoms with E-state index in [9.17, 15) is 4.79 Å². The van der Waals surface area contributed by atoms with E-state index in [0.717, 1.165) is 74.3 Å². The number of hydrogen-bond donors (Lipinski definition) is 0. The molecule has 0 radical (unpaired) electrons. The van der Waals surface area contributed by atoms with Crippen LogP contribution in [0.5, 0.6) is 11.6 Å². The number of carbonyl (C=O) groups excluding carboxylic acids is 1. The number of carbonyl (C=O) groups is 1. The van der Waals surface area contributed by atoms with Gasteiger partial charge in [0.15, 0.2) is 0 Å². The molecule has 0 N–H and O–H groups in total. The summed E-state index contributed by atoms with van der Waals surface area (Å²) in [4.78, 5) is 21.7. The van der Waals surface area contributed by atoms with Gasteiger partial charge in [0, 0.05) is 43.7 Å². The molecule has 2 heterocycles. The standard InChI is InChI=1S/C31H37Cl2N3O4/c1-30(2)20-31(30,3)29(37)40-21-39-27-12-10-22-9-11-23(19-25(22)34-27)38-18-5-4-13-35-14-16-36(17-15-35)26-8-6-7-24(32)28(26)33/h6-12,19H,4-5,13-18,20-21H2,1-3H3. The van der Waals surface area contributed by atoms with Gasteiger partial charge in [-0.15, -0.1) is 0 Å². The maximum atomic E-state index is 12.4. The maximum Gasteiger partial charge on any atom is 0.315 e. The molecule has 0 spiro atoms. The van der Waals surface area contributed by atoms with Crippen LogP contribution in [0.2, 0.25) is 10.0 Å². The van der Waals surface area contributed by atoms with Crippen LogP contribution in [0.1, 0.15) is 40.0 Å². The second kappa shape index (κ2) is 12.0. The second-order valence-electron chi connectivity index (χ2n) is 11.5. The first-order valence-electron chi connectivity index (χ1n) is 13.9. The number of aromatic nitrogens is 1. The van der Waals surface area contributed by atoms with E-state index < -0.39 is 5.41 Å². The zero-order valence-electron chi connectivity index (χ0n) is 23.4. The number of unbranched alkanes of at least 4 members (excludes halogenated alkanes) is 1. The number of benzene rings is 2. The summed E-state index contributed by atoms with van der Waals surface area (Å²) in [5.41, 5.74) is 1.33. The van der Waals surface area contributed by atoms with Crippen LogP contribution in [0.15, 0.2) is 48.5 Å². The number of ether oxygens (including phenoxy) is 3. The predicted molar refractivity (Wildman–Crippen MR) is 160 cm³/mol. The Morgan fingerprint density at radius 1 is 0.975 bits per heavy atom. The summed E-state index contributed by atoms with van der Waals surface area (Å²) in [6.45, 7) is 11.5. The molecule has 5 rings (SSSR count). The second-order valence-corrected chi connectivity index (χ2v) is 12.3. The van der Waals surface area contributed by atoms with Crippen LogP contribution in [0.25, 0.3) is 10.9 Å². The van der Waals surface area contributed by atoms with Gasteiger partial charge >= 0.3 is 5.97 Å². The largest absolute Gasteiger partial charge is 0.494 e. The van der Waals surface area contributed by atoms with Crippen molar-refractivity contribution in [3.05, 3.63) is 58.6 Å². The molecule has 7 nitrogen and oxygen atoms in total. The molecule has 0 bridgehead atoms. The van der Waals surface area contributed by atoms with Crippen molar-refractivity contribution in [1.29, 1.82) is 0 Å². The van der Waals surface area contributed by atoms with Crippen molar-refractivity contribution in [3.8, 4) is 11.6 Å². The van der Waals surface area contributed by atoms with Gasteiger partial charge in [-0.25, -0.2) is 4.98 Å². The Balaban J connectivity index is 1.02. The number of nitrogens with zero attached hydrogens (tertiary/aromatic N) is 3. The highest BCUT2D eigenvalue weighted by atomic mass is 35.5. The fourth-order valence-electron chi connectivity index (χ4n) is 5.32. The summed E-state index contributed by atoms with van der Waals surface area (Å²) >= 11 is 12.6. The van der Waals surface area contributed by atoms with E-state index in [4.69, 9.17) is 37.4 Å². The number of fused-ring (bicyclic) bond motifs is 1. The van der Waals surface area contributed by atoms with Crippen LogP contribution >= 0.6 is 23.2 Å². The molecule has 1 saturated heterocycles. The molecule has 3 aromatic rings. The lowest BCUT2D eigenvalue weighted by atomic mass is 9.99. The van der Waals surface area contributed by atoms with Crippen LogP contribution in [-0.4, -0.2) is 62.0 Å². The lowest BCUT2D eigenvalue weighted by Gasteiger charge is -2.36. The molecule has 1 aromatic heterocycles. The number of hydrogen-bond acceptors (Lipinski definition) is 7. The third kappa shape index (κ3) is 6.42. The summed E-state index contributed by atoms with van der Waals surface area (Å²) in [7, 11) is 0. The van der Waals surface area contributed by atoms with Gasteiger partial charge in [-0.1, -0.05) is 43.1 Å². The minimum atomic E-state index is -0.430. The Labute approximate surface area is 246 Å². The smallest absolute Gasteiger partial charge is 0.315 e. The molecule has 1 aliphatic carbocycles. The zero-order valence-corrected chi connectivity index (χ0v) is 24.9. The van der Waals surface area contributed by atoms with Gasteiger partial charge in [0.25, 0.3) is 0 Å². The first-order chi connectivity index (χ1) is 19.2.